The quantitative estimate of drug-likeness (QED) is 0.556. The van der Waals surface area contributed by atoms with E-state index in [0.717, 1.165) is 11.8 Å². The van der Waals surface area contributed by atoms with Crippen molar-refractivity contribution in [2.75, 3.05) is 13.1 Å². The topological polar surface area (TPSA) is 12.0 Å². The Morgan fingerprint density at radius 1 is 1.07 bits per heavy atom. The summed E-state index contributed by atoms with van der Waals surface area (Å²) in [5, 5.41) is 3.56. The molecule has 0 aromatic carbocycles. The summed E-state index contributed by atoms with van der Waals surface area (Å²) in [4.78, 5) is 0. The lowest BCUT2D eigenvalue weighted by Crippen LogP contribution is -2.27. The van der Waals surface area contributed by atoms with Gasteiger partial charge in [0.15, 0.2) is 0 Å². The molecule has 1 nitrogen and oxygen atoms in total. The molecule has 1 N–H and O–H groups in total. The van der Waals surface area contributed by atoms with Crippen LogP contribution >= 0.6 is 0 Å². The van der Waals surface area contributed by atoms with Gasteiger partial charge in [0.05, 0.1) is 0 Å². The summed E-state index contributed by atoms with van der Waals surface area (Å²) in [7, 11) is 0. The molecule has 0 saturated heterocycles. The zero-order chi connectivity index (χ0) is 10.8. The van der Waals surface area contributed by atoms with Crippen molar-refractivity contribution in [3.05, 3.63) is 0 Å². The summed E-state index contributed by atoms with van der Waals surface area (Å²) in [6.45, 7) is 11.6. The molecule has 1 heteroatoms. The lowest BCUT2D eigenvalue weighted by atomic mass is 9.87. The van der Waals surface area contributed by atoms with Gasteiger partial charge in [0.2, 0.25) is 0 Å². The average Bonchev–Trinajstić information content (AvgIpc) is 2.22. The molecule has 0 aliphatic heterocycles. The molecule has 0 amide bonds. The largest absolute Gasteiger partial charge is 0.316 e. The van der Waals surface area contributed by atoms with E-state index in [1.54, 1.807) is 0 Å². The summed E-state index contributed by atoms with van der Waals surface area (Å²) in [6.07, 6.45) is 6.70. The highest BCUT2D eigenvalue weighted by Crippen LogP contribution is 2.20. The van der Waals surface area contributed by atoms with Crippen LogP contribution in [0.1, 0.15) is 59.8 Å². The van der Waals surface area contributed by atoms with Gasteiger partial charge in [0, 0.05) is 0 Å². The van der Waals surface area contributed by atoms with Crippen molar-refractivity contribution < 1.29 is 0 Å². The minimum Gasteiger partial charge on any atom is -0.316 e. The van der Waals surface area contributed by atoms with E-state index in [1.807, 2.05) is 0 Å². The van der Waals surface area contributed by atoms with Crippen molar-refractivity contribution in [2.24, 2.45) is 11.8 Å². The molecule has 0 fully saturated rings. The van der Waals surface area contributed by atoms with E-state index in [1.165, 1.54) is 45.2 Å². The van der Waals surface area contributed by atoms with Gasteiger partial charge in [-0.3, -0.25) is 0 Å². The van der Waals surface area contributed by atoms with Gasteiger partial charge >= 0.3 is 0 Å². The standard InChI is InChI=1S/C13H29N/c1-5-8-9-13(12(4)7-3)11-14-10-6-2/h12-14H,5-11H2,1-4H3. The predicted molar refractivity (Wildman–Crippen MR) is 65.6 cm³/mol. The van der Waals surface area contributed by atoms with Gasteiger partial charge in [-0.25, -0.2) is 0 Å². The predicted octanol–water partition coefficient (Wildman–Crippen LogP) is 3.84. The second kappa shape index (κ2) is 9.51. The molecule has 0 aromatic heterocycles. The summed E-state index contributed by atoms with van der Waals surface area (Å²) in [5.74, 6) is 1.78. The molecule has 14 heavy (non-hydrogen) atoms. The molecule has 0 heterocycles. The normalized spacial score (nSPS) is 15.4. The van der Waals surface area contributed by atoms with Crippen LogP contribution in [0.2, 0.25) is 0 Å². The Morgan fingerprint density at radius 2 is 1.79 bits per heavy atom. The number of hydrogen-bond donors (Lipinski definition) is 1. The van der Waals surface area contributed by atoms with Gasteiger partial charge in [0.25, 0.3) is 0 Å². The fraction of sp³-hybridized carbons (Fsp3) is 1.00. The van der Waals surface area contributed by atoms with Crippen molar-refractivity contribution in [2.45, 2.75) is 59.8 Å². The summed E-state index contributed by atoms with van der Waals surface area (Å²) >= 11 is 0. The Balaban J connectivity index is 3.72. The lowest BCUT2D eigenvalue weighted by molar-refractivity contribution is 0.306. The van der Waals surface area contributed by atoms with Gasteiger partial charge in [-0.05, 0) is 37.8 Å². The smallest absolute Gasteiger partial charge is 0.00180 e. The Kier molecular flexibility index (Phi) is 9.49. The van der Waals surface area contributed by atoms with Gasteiger partial charge in [0.1, 0.15) is 0 Å². The first-order valence-electron chi connectivity index (χ1n) is 6.46. The maximum absolute atomic E-state index is 3.56. The van der Waals surface area contributed by atoms with E-state index in [0.29, 0.717) is 0 Å². The summed E-state index contributed by atoms with van der Waals surface area (Å²) in [5.41, 5.74) is 0. The van der Waals surface area contributed by atoms with Crippen LogP contribution in [-0.4, -0.2) is 13.1 Å². The second-order valence-corrected chi connectivity index (χ2v) is 4.49. The first kappa shape index (κ1) is 14.0. The highest BCUT2D eigenvalue weighted by molar-refractivity contribution is 4.68. The Labute approximate surface area is 90.7 Å². The van der Waals surface area contributed by atoms with Crippen LogP contribution in [0.25, 0.3) is 0 Å². The zero-order valence-corrected chi connectivity index (χ0v) is 10.6. The maximum atomic E-state index is 3.56. The fourth-order valence-electron chi connectivity index (χ4n) is 1.85. The molecule has 2 unspecified atom stereocenters. The van der Waals surface area contributed by atoms with Crippen LogP contribution in [-0.2, 0) is 0 Å². The minimum absolute atomic E-state index is 0.880. The third-order valence-electron chi connectivity index (χ3n) is 3.21. The maximum Gasteiger partial charge on any atom is -0.00180 e. The minimum atomic E-state index is 0.880. The van der Waals surface area contributed by atoms with E-state index >= 15 is 0 Å². The van der Waals surface area contributed by atoms with Crippen molar-refractivity contribution in [3.8, 4) is 0 Å². The molecule has 0 bridgehead atoms. The molecule has 2 atom stereocenters. The molecular formula is C13H29N. The summed E-state index contributed by atoms with van der Waals surface area (Å²) < 4.78 is 0. The van der Waals surface area contributed by atoms with Crippen molar-refractivity contribution in [1.29, 1.82) is 0 Å². The van der Waals surface area contributed by atoms with Gasteiger partial charge < -0.3 is 5.32 Å². The van der Waals surface area contributed by atoms with Crippen LogP contribution < -0.4 is 5.32 Å². The molecule has 86 valence electrons. The third kappa shape index (κ3) is 6.42. The molecule has 0 spiro atoms. The number of rotatable bonds is 9. The first-order valence-corrected chi connectivity index (χ1v) is 6.46. The Morgan fingerprint density at radius 3 is 2.29 bits per heavy atom. The molecule has 0 saturated carbocycles. The van der Waals surface area contributed by atoms with Crippen LogP contribution in [0.4, 0.5) is 0 Å². The van der Waals surface area contributed by atoms with Gasteiger partial charge in [-0.1, -0.05) is 47.0 Å². The van der Waals surface area contributed by atoms with E-state index in [4.69, 9.17) is 0 Å². The highest BCUT2D eigenvalue weighted by Gasteiger charge is 2.14. The van der Waals surface area contributed by atoms with Crippen molar-refractivity contribution in [3.63, 3.8) is 0 Å². The molecule has 0 rings (SSSR count). The van der Waals surface area contributed by atoms with Gasteiger partial charge in [-0.15, -0.1) is 0 Å². The highest BCUT2D eigenvalue weighted by atomic mass is 14.9. The monoisotopic (exact) mass is 199 g/mol. The number of unbranched alkanes of at least 4 members (excludes halogenated alkanes) is 1. The van der Waals surface area contributed by atoms with Crippen LogP contribution in [0.15, 0.2) is 0 Å². The lowest BCUT2D eigenvalue weighted by Gasteiger charge is -2.23. The Bertz CT molecular complexity index is 112. The molecular weight excluding hydrogens is 170 g/mol. The zero-order valence-electron chi connectivity index (χ0n) is 10.6. The molecule has 0 aliphatic carbocycles. The summed E-state index contributed by atoms with van der Waals surface area (Å²) in [6, 6.07) is 0. The van der Waals surface area contributed by atoms with E-state index < -0.39 is 0 Å². The molecule has 0 aliphatic rings. The Hall–Kier alpha value is -0.0400. The average molecular weight is 199 g/mol. The van der Waals surface area contributed by atoms with Gasteiger partial charge in [-0.2, -0.15) is 0 Å². The number of hydrogen-bond acceptors (Lipinski definition) is 1. The van der Waals surface area contributed by atoms with E-state index in [-0.39, 0.29) is 0 Å². The molecule has 0 radical (unpaired) electrons. The van der Waals surface area contributed by atoms with E-state index in [2.05, 4.69) is 33.0 Å². The second-order valence-electron chi connectivity index (χ2n) is 4.49. The fourth-order valence-corrected chi connectivity index (χ4v) is 1.85. The van der Waals surface area contributed by atoms with Crippen molar-refractivity contribution >= 4 is 0 Å². The van der Waals surface area contributed by atoms with Crippen LogP contribution in [0.5, 0.6) is 0 Å². The van der Waals surface area contributed by atoms with E-state index in [9.17, 15) is 0 Å². The number of nitrogens with one attached hydrogen (secondary N) is 1. The van der Waals surface area contributed by atoms with Crippen molar-refractivity contribution in [1.82, 2.24) is 5.32 Å². The van der Waals surface area contributed by atoms with Crippen LogP contribution in [0, 0.1) is 11.8 Å². The SMILES string of the molecule is CCCCC(CNCCC)C(C)CC. The third-order valence-corrected chi connectivity index (χ3v) is 3.21. The molecule has 0 aromatic rings. The first-order chi connectivity index (χ1) is 6.76. The van der Waals surface area contributed by atoms with Crippen LogP contribution in [0.3, 0.4) is 0 Å².